The maximum Gasteiger partial charge on any atom is 0.267 e. The van der Waals surface area contributed by atoms with Crippen LogP contribution >= 0.6 is 10.6 Å². The summed E-state index contributed by atoms with van der Waals surface area (Å²) in [5.41, 5.74) is 4.60. The van der Waals surface area contributed by atoms with E-state index in [4.69, 9.17) is 9.26 Å². The summed E-state index contributed by atoms with van der Waals surface area (Å²) >= 11 is 0. The quantitative estimate of drug-likeness (QED) is 0.231. The Balaban J connectivity index is 1.20. The molecule has 6 rings (SSSR count). The molecule has 1 amide bonds. The van der Waals surface area contributed by atoms with Crippen LogP contribution in [-0.2, 0) is 13.2 Å². The zero-order valence-electron chi connectivity index (χ0n) is 20.5. The SMILES string of the molecule is O=C(NN1CCS(O)(O)CC1)c1ccc(COc2nn3c(-c4cc(CO)on4)nnc3c3ccccc23)nc1. The number of hydrogen-bond acceptors (Lipinski definition) is 12. The van der Waals surface area contributed by atoms with Gasteiger partial charge in [0.25, 0.3) is 5.91 Å². The Kier molecular flexibility index (Phi) is 6.58. The number of amides is 1. The highest BCUT2D eigenvalue weighted by molar-refractivity contribution is 8.24. The molecule has 0 saturated carbocycles. The largest absolute Gasteiger partial charge is 0.470 e. The summed E-state index contributed by atoms with van der Waals surface area (Å²) in [5.74, 6) is 1.08. The number of nitrogens with one attached hydrogen (secondary N) is 1. The number of hydrogen-bond donors (Lipinski definition) is 4. The van der Waals surface area contributed by atoms with Gasteiger partial charge in [-0.3, -0.25) is 24.3 Å². The first-order valence-electron chi connectivity index (χ1n) is 12.0. The average molecular weight is 553 g/mol. The van der Waals surface area contributed by atoms with Crippen LogP contribution in [0.5, 0.6) is 5.88 Å². The van der Waals surface area contributed by atoms with E-state index >= 15 is 0 Å². The second-order valence-electron chi connectivity index (χ2n) is 8.91. The van der Waals surface area contributed by atoms with E-state index in [1.54, 1.807) is 23.2 Å². The third-order valence-corrected chi connectivity index (χ3v) is 7.93. The number of carbonyl (C=O) groups is 1. The molecule has 39 heavy (non-hydrogen) atoms. The third kappa shape index (κ3) is 5.13. The first kappa shape index (κ1) is 25.1. The number of aliphatic hydroxyl groups is 1. The van der Waals surface area contributed by atoms with Gasteiger partial charge in [0.05, 0.1) is 22.8 Å². The zero-order chi connectivity index (χ0) is 27.0. The van der Waals surface area contributed by atoms with Gasteiger partial charge in [0.2, 0.25) is 11.7 Å². The molecule has 14 nitrogen and oxygen atoms in total. The number of rotatable bonds is 7. The lowest BCUT2D eigenvalue weighted by Crippen LogP contribution is -2.49. The van der Waals surface area contributed by atoms with Gasteiger partial charge in [0, 0.05) is 36.1 Å². The first-order chi connectivity index (χ1) is 18.9. The molecule has 0 unspecified atom stereocenters. The van der Waals surface area contributed by atoms with Gasteiger partial charge < -0.3 is 14.4 Å². The second kappa shape index (κ2) is 10.2. The Morgan fingerprint density at radius 1 is 1.10 bits per heavy atom. The van der Waals surface area contributed by atoms with Gasteiger partial charge in [-0.05, 0) is 18.2 Å². The van der Waals surface area contributed by atoms with Crippen LogP contribution in [-0.4, -0.2) is 79.7 Å². The van der Waals surface area contributed by atoms with Gasteiger partial charge >= 0.3 is 0 Å². The van der Waals surface area contributed by atoms with Crippen molar-refractivity contribution in [1.29, 1.82) is 0 Å². The van der Waals surface area contributed by atoms with Gasteiger partial charge in [0.1, 0.15) is 13.2 Å². The van der Waals surface area contributed by atoms with Crippen molar-refractivity contribution >= 4 is 32.9 Å². The van der Waals surface area contributed by atoms with E-state index in [0.717, 1.165) is 10.8 Å². The monoisotopic (exact) mass is 552 g/mol. The maximum atomic E-state index is 12.6. The number of fused-ring (bicyclic) bond motifs is 3. The summed E-state index contributed by atoms with van der Waals surface area (Å²) in [5, 5.41) is 29.5. The summed E-state index contributed by atoms with van der Waals surface area (Å²) in [6, 6.07) is 12.4. The Morgan fingerprint density at radius 2 is 1.90 bits per heavy atom. The molecule has 0 radical (unpaired) electrons. The lowest BCUT2D eigenvalue weighted by Gasteiger charge is -2.40. The fourth-order valence-electron chi connectivity index (χ4n) is 4.14. The van der Waals surface area contributed by atoms with Crippen LogP contribution in [0.25, 0.3) is 27.9 Å². The van der Waals surface area contributed by atoms with Crippen molar-refractivity contribution in [3.63, 3.8) is 0 Å². The summed E-state index contributed by atoms with van der Waals surface area (Å²) < 4.78 is 32.1. The highest BCUT2D eigenvalue weighted by atomic mass is 32.3. The van der Waals surface area contributed by atoms with Gasteiger partial charge in [-0.2, -0.15) is 15.1 Å². The molecule has 0 atom stereocenters. The molecule has 1 aliphatic heterocycles. The van der Waals surface area contributed by atoms with E-state index in [9.17, 15) is 19.0 Å². The van der Waals surface area contributed by atoms with E-state index in [0.29, 0.717) is 47.4 Å². The molecule has 15 heteroatoms. The van der Waals surface area contributed by atoms with Crippen molar-refractivity contribution in [1.82, 2.24) is 40.4 Å². The number of aliphatic hydroxyl groups excluding tert-OH is 1. The van der Waals surface area contributed by atoms with Gasteiger partial charge in [-0.25, -0.2) is 5.01 Å². The van der Waals surface area contributed by atoms with E-state index in [-0.39, 0.29) is 36.4 Å². The number of aromatic nitrogens is 6. The van der Waals surface area contributed by atoms with Crippen LogP contribution in [0.2, 0.25) is 0 Å². The van der Waals surface area contributed by atoms with Crippen LogP contribution in [0.4, 0.5) is 0 Å². The number of benzene rings is 1. The number of nitrogens with zero attached hydrogens (tertiary/aromatic N) is 7. The summed E-state index contributed by atoms with van der Waals surface area (Å²) in [6.45, 7) is 0.526. The Labute approximate surface area is 222 Å². The van der Waals surface area contributed by atoms with E-state index in [1.807, 2.05) is 24.3 Å². The van der Waals surface area contributed by atoms with E-state index in [1.165, 1.54) is 10.7 Å². The van der Waals surface area contributed by atoms with Gasteiger partial charge in [-0.15, -0.1) is 15.3 Å². The fraction of sp³-hybridized carbons (Fsp3) is 0.250. The first-order valence-corrected chi connectivity index (χ1v) is 13.9. The molecule has 1 aromatic carbocycles. The second-order valence-corrected chi connectivity index (χ2v) is 11.3. The standard InChI is InChI=1S/C24H24N8O6S/c33-13-17-11-20(30-38-17)22-27-26-21-18-3-1-2-4-19(18)24(29-32(21)22)37-14-16-6-5-15(12-25-16)23(34)28-31-7-9-39(35,36)10-8-31/h1-6,11-12,33,35-36H,7-10,13-14H2,(H,28,34). The Bertz CT molecular complexity index is 1640. The smallest absolute Gasteiger partial charge is 0.267 e. The average Bonchev–Trinajstić information content (AvgIpc) is 3.60. The molecule has 0 bridgehead atoms. The molecular weight excluding hydrogens is 528 g/mol. The molecule has 5 aromatic rings. The minimum atomic E-state index is -2.54. The highest BCUT2D eigenvalue weighted by Crippen LogP contribution is 2.39. The van der Waals surface area contributed by atoms with Crippen molar-refractivity contribution in [2.24, 2.45) is 0 Å². The van der Waals surface area contributed by atoms with Crippen molar-refractivity contribution in [2.75, 3.05) is 24.6 Å². The van der Waals surface area contributed by atoms with E-state index < -0.39 is 10.6 Å². The summed E-state index contributed by atoms with van der Waals surface area (Å²) in [6.07, 6.45) is 1.46. The molecule has 1 aliphatic rings. The predicted octanol–water partition coefficient (Wildman–Crippen LogP) is 2.11. The van der Waals surface area contributed by atoms with Crippen molar-refractivity contribution in [2.45, 2.75) is 13.2 Å². The van der Waals surface area contributed by atoms with Crippen LogP contribution in [0.15, 0.2) is 53.2 Å². The number of ether oxygens (including phenoxy) is 1. The van der Waals surface area contributed by atoms with Crippen molar-refractivity contribution in [3.8, 4) is 17.4 Å². The minimum Gasteiger partial charge on any atom is -0.470 e. The van der Waals surface area contributed by atoms with E-state index in [2.05, 4.69) is 30.9 Å². The molecular formula is C24H24N8O6S. The molecule has 0 spiro atoms. The molecule has 4 N–H and O–H groups in total. The third-order valence-electron chi connectivity index (χ3n) is 6.25. The maximum absolute atomic E-state index is 12.6. The lowest BCUT2D eigenvalue weighted by molar-refractivity contribution is 0.0798. The lowest BCUT2D eigenvalue weighted by atomic mass is 10.2. The van der Waals surface area contributed by atoms with Crippen LogP contribution in [0.3, 0.4) is 0 Å². The molecule has 5 heterocycles. The molecule has 4 aromatic heterocycles. The number of pyridine rings is 1. The van der Waals surface area contributed by atoms with Gasteiger partial charge in [-0.1, -0.05) is 23.4 Å². The molecule has 1 fully saturated rings. The van der Waals surface area contributed by atoms with Crippen LogP contribution < -0.4 is 10.2 Å². The minimum absolute atomic E-state index is 0.0878. The Hall–Kier alpha value is -4.15. The van der Waals surface area contributed by atoms with Crippen molar-refractivity contribution in [3.05, 3.63) is 65.7 Å². The molecule has 202 valence electrons. The summed E-state index contributed by atoms with van der Waals surface area (Å²) in [7, 11) is -2.54. The highest BCUT2D eigenvalue weighted by Gasteiger charge is 2.24. The van der Waals surface area contributed by atoms with Crippen LogP contribution in [0.1, 0.15) is 21.8 Å². The van der Waals surface area contributed by atoms with Crippen LogP contribution in [0, 0.1) is 0 Å². The number of hydrazine groups is 1. The topological polar surface area (TPSA) is 184 Å². The normalized spacial score (nSPS) is 16.4. The summed E-state index contributed by atoms with van der Waals surface area (Å²) in [4.78, 5) is 16.9. The number of carbonyl (C=O) groups excluding carboxylic acids is 1. The van der Waals surface area contributed by atoms with Crippen molar-refractivity contribution < 1.29 is 28.3 Å². The molecule has 1 saturated heterocycles. The fourth-order valence-corrected chi connectivity index (χ4v) is 5.37. The molecule has 0 aliphatic carbocycles. The zero-order valence-corrected chi connectivity index (χ0v) is 21.3. The predicted molar refractivity (Wildman–Crippen MR) is 140 cm³/mol. The Morgan fingerprint density at radius 3 is 2.62 bits per heavy atom. The van der Waals surface area contributed by atoms with Gasteiger partial charge in [0.15, 0.2) is 17.1 Å².